The van der Waals surface area contributed by atoms with Crippen LogP contribution in [-0.4, -0.2) is 32.8 Å². The van der Waals surface area contributed by atoms with Gasteiger partial charge < -0.3 is 10.4 Å². The highest BCUT2D eigenvalue weighted by Gasteiger charge is 2.31. The Kier molecular flexibility index (Phi) is 3.98. The Morgan fingerprint density at radius 2 is 2.00 bits per heavy atom. The average Bonchev–Trinajstić information content (AvgIpc) is 2.30. The van der Waals surface area contributed by atoms with E-state index in [4.69, 9.17) is 5.11 Å². The van der Waals surface area contributed by atoms with Crippen LogP contribution in [0.1, 0.15) is 31.7 Å². The lowest BCUT2D eigenvalue weighted by molar-refractivity contribution is -0.147. The third-order valence-corrected chi connectivity index (χ3v) is 3.03. The van der Waals surface area contributed by atoms with Gasteiger partial charge in [-0.2, -0.15) is 5.10 Å². The minimum absolute atomic E-state index is 0.281. The molecule has 0 aliphatic rings. The second kappa shape index (κ2) is 5.07. The van der Waals surface area contributed by atoms with Gasteiger partial charge in [-0.25, -0.2) is 4.98 Å². The van der Waals surface area contributed by atoms with Gasteiger partial charge in [0.1, 0.15) is 0 Å². The van der Waals surface area contributed by atoms with E-state index in [1.165, 1.54) is 0 Å². The highest BCUT2D eigenvalue weighted by molar-refractivity contribution is 5.74. The molecule has 1 rings (SSSR count). The summed E-state index contributed by atoms with van der Waals surface area (Å²) in [4.78, 5) is 15.3. The normalized spacial score (nSPS) is 14.1. The predicted molar refractivity (Wildman–Crippen MR) is 63.8 cm³/mol. The molecule has 0 saturated carbocycles. The number of carboxylic acid groups (broad SMARTS) is 1. The molecule has 1 unspecified atom stereocenters. The van der Waals surface area contributed by atoms with Gasteiger partial charge in [-0.15, -0.1) is 5.10 Å². The number of carboxylic acids is 1. The number of aliphatic carboxylic acids is 1. The minimum Gasteiger partial charge on any atom is -0.481 e. The topological polar surface area (TPSA) is 88.0 Å². The molecule has 6 heteroatoms. The van der Waals surface area contributed by atoms with Crippen LogP contribution in [0.4, 0.5) is 5.95 Å². The van der Waals surface area contributed by atoms with E-state index in [2.05, 4.69) is 20.5 Å². The van der Waals surface area contributed by atoms with Crippen molar-refractivity contribution >= 4 is 11.9 Å². The highest BCUT2D eigenvalue weighted by Crippen LogP contribution is 2.21. The molecule has 0 fully saturated rings. The van der Waals surface area contributed by atoms with E-state index in [1.54, 1.807) is 6.92 Å². The molecule has 1 aromatic heterocycles. The summed E-state index contributed by atoms with van der Waals surface area (Å²) >= 11 is 0. The first-order valence-corrected chi connectivity index (χ1v) is 5.54. The number of aromatic nitrogens is 3. The molecule has 0 aromatic carbocycles. The Labute approximate surface area is 100 Å². The van der Waals surface area contributed by atoms with E-state index in [9.17, 15) is 4.79 Å². The van der Waals surface area contributed by atoms with Crippen LogP contribution in [-0.2, 0) is 4.79 Å². The van der Waals surface area contributed by atoms with E-state index in [0.717, 1.165) is 11.4 Å². The second-order valence-electron chi connectivity index (χ2n) is 4.38. The monoisotopic (exact) mass is 238 g/mol. The first-order valence-electron chi connectivity index (χ1n) is 5.54. The Balaban J connectivity index is 2.73. The van der Waals surface area contributed by atoms with Gasteiger partial charge in [0.2, 0.25) is 5.95 Å². The lowest BCUT2D eigenvalue weighted by atomic mass is 9.88. The van der Waals surface area contributed by atoms with Crippen LogP contribution in [0.3, 0.4) is 0 Å². The van der Waals surface area contributed by atoms with Crippen molar-refractivity contribution < 1.29 is 9.90 Å². The molecule has 6 nitrogen and oxygen atoms in total. The van der Waals surface area contributed by atoms with Crippen LogP contribution in [0.15, 0.2) is 0 Å². The minimum atomic E-state index is -0.829. The van der Waals surface area contributed by atoms with Crippen LogP contribution in [0, 0.1) is 19.3 Å². The largest absolute Gasteiger partial charge is 0.481 e. The van der Waals surface area contributed by atoms with Crippen molar-refractivity contribution in [2.24, 2.45) is 5.41 Å². The molecule has 0 spiro atoms. The van der Waals surface area contributed by atoms with Crippen molar-refractivity contribution in [3.05, 3.63) is 11.4 Å². The van der Waals surface area contributed by atoms with E-state index in [1.807, 2.05) is 20.8 Å². The fraction of sp³-hybridized carbons (Fsp3) is 0.636. The van der Waals surface area contributed by atoms with Crippen LogP contribution in [0.5, 0.6) is 0 Å². The van der Waals surface area contributed by atoms with Gasteiger partial charge in [0.05, 0.1) is 16.8 Å². The number of hydrogen-bond acceptors (Lipinski definition) is 5. The van der Waals surface area contributed by atoms with Gasteiger partial charge in [0.25, 0.3) is 0 Å². The van der Waals surface area contributed by atoms with E-state index in [0.29, 0.717) is 12.4 Å². The molecule has 0 aliphatic heterocycles. The molecule has 0 bridgehead atoms. The summed E-state index contributed by atoms with van der Waals surface area (Å²) in [6.07, 6.45) is 0.535. The Hall–Kier alpha value is -1.72. The highest BCUT2D eigenvalue weighted by atomic mass is 16.4. The van der Waals surface area contributed by atoms with Gasteiger partial charge in [0.15, 0.2) is 0 Å². The third-order valence-electron chi connectivity index (χ3n) is 3.03. The molecular formula is C11H18N4O2. The molecule has 94 valence electrons. The third kappa shape index (κ3) is 3.12. The number of hydrogen-bond donors (Lipinski definition) is 2. The summed E-state index contributed by atoms with van der Waals surface area (Å²) < 4.78 is 0. The van der Waals surface area contributed by atoms with E-state index < -0.39 is 11.4 Å². The van der Waals surface area contributed by atoms with Crippen molar-refractivity contribution in [3.63, 3.8) is 0 Å². The fourth-order valence-corrected chi connectivity index (χ4v) is 1.16. The van der Waals surface area contributed by atoms with E-state index in [-0.39, 0.29) is 6.54 Å². The zero-order valence-electron chi connectivity index (χ0n) is 10.6. The van der Waals surface area contributed by atoms with Crippen molar-refractivity contribution in [3.8, 4) is 0 Å². The molecular weight excluding hydrogens is 220 g/mol. The summed E-state index contributed by atoms with van der Waals surface area (Å²) in [5.74, 6) is -0.460. The zero-order chi connectivity index (χ0) is 13.1. The summed E-state index contributed by atoms with van der Waals surface area (Å²) in [6.45, 7) is 7.48. The van der Waals surface area contributed by atoms with Crippen molar-refractivity contribution in [1.29, 1.82) is 0 Å². The summed E-state index contributed by atoms with van der Waals surface area (Å²) in [5.41, 5.74) is 0.741. The lowest BCUT2D eigenvalue weighted by Crippen LogP contribution is -2.34. The number of rotatable bonds is 5. The maximum Gasteiger partial charge on any atom is 0.311 e. The number of anilines is 1. The summed E-state index contributed by atoms with van der Waals surface area (Å²) in [5, 5.41) is 19.8. The van der Waals surface area contributed by atoms with Gasteiger partial charge in [-0.05, 0) is 27.2 Å². The average molecular weight is 238 g/mol. The standard InChI is InChI=1S/C11H18N4O2/c1-5-11(4,9(16)17)6-12-10-13-7(2)8(3)14-15-10/h5-6H2,1-4H3,(H,16,17)(H,12,13,15). The molecule has 1 heterocycles. The first-order chi connectivity index (χ1) is 7.89. The molecule has 0 aliphatic carbocycles. The Morgan fingerprint density at radius 3 is 2.47 bits per heavy atom. The SMILES string of the molecule is CCC(C)(CNc1nnc(C)c(C)n1)C(=O)O. The maximum absolute atomic E-state index is 11.1. The number of carbonyl (C=O) groups is 1. The molecule has 17 heavy (non-hydrogen) atoms. The van der Waals surface area contributed by atoms with E-state index >= 15 is 0 Å². The fourth-order valence-electron chi connectivity index (χ4n) is 1.16. The molecule has 0 radical (unpaired) electrons. The summed E-state index contributed by atoms with van der Waals surface area (Å²) in [7, 11) is 0. The zero-order valence-corrected chi connectivity index (χ0v) is 10.6. The van der Waals surface area contributed by atoms with Crippen molar-refractivity contribution in [1.82, 2.24) is 15.2 Å². The van der Waals surface area contributed by atoms with Crippen molar-refractivity contribution in [2.45, 2.75) is 34.1 Å². The van der Waals surface area contributed by atoms with Gasteiger partial charge in [0, 0.05) is 6.54 Å². The maximum atomic E-state index is 11.1. The van der Waals surface area contributed by atoms with Crippen LogP contribution >= 0.6 is 0 Å². The number of nitrogens with zero attached hydrogens (tertiary/aromatic N) is 3. The van der Waals surface area contributed by atoms with Crippen LogP contribution in [0.2, 0.25) is 0 Å². The lowest BCUT2D eigenvalue weighted by Gasteiger charge is -2.23. The molecule has 0 saturated heterocycles. The predicted octanol–water partition coefficient (Wildman–Crippen LogP) is 1.40. The number of aryl methyl sites for hydroxylation is 2. The van der Waals surface area contributed by atoms with Gasteiger partial charge in [-0.3, -0.25) is 4.79 Å². The van der Waals surface area contributed by atoms with Gasteiger partial charge in [-0.1, -0.05) is 6.92 Å². The van der Waals surface area contributed by atoms with Crippen molar-refractivity contribution in [2.75, 3.05) is 11.9 Å². The van der Waals surface area contributed by atoms with Crippen LogP contribution < -0.4 is 5.32 Å². The Morgan fingerprint density at radius 1 is 1.35 bits per heavy atom. The quantitative estimate of drug-likeness (QED) is 0.806. The molecule has 1 aromatic rings. The van der Waals surface area contributed by atoms with Gasteiger partial charge >= 0.3 is 5.97 Å². The second-order valence-corrected chi connectivity index (χ2v) is 4.38. The first kappa shape index (κ1) is 13.3. The molecule has 0 amide bonds. The molecule has 1 atom stereocenters. The number of nitrogens with one attached hydrogen (secondary N) is 1. The molecule has 2 N–H and O–H groups in total. The smallest absolute Gasteiger partial charge is 0.311 e. The summed E-state index contributed by atoms with van der Waals surface area (Å²) in [6, 6.07) is 0. The van der Waals surface area contributed by atoms with Crippen LogP contribution in [0.25, 0.3) is 0 Å². The Bertz CT molecular complexity index is 422.